The van der Waals surface area contributed by atoms with Gasteiger partial charge in [0.2, 0.25) is 5.89 Å². The molecule has 1 atom stereocenters. The predicted octanol–water partition coefficient (Wildman–Crippen LogP) is 2.09. The molecular formula is C13H26N4O. The molecule has 0 amide bonds. The molecular weight excluding hydrogens is 228 g/mol. The average molecular weight is 254 g/mol. The Hall–Kier alpha value is -1.10. The molecule has 0 aliphatic heterocycles. The molecule has 1 heterocycles. The first-order valence-electron chi connectivity index (χ1n) is 6.76. The summed E-state index contributed by atoms with van der Waals surface area (Å²) in [7, 11) is 3.82. The van der Waals surface area contributed by atoms with Crippen molar-refractivity contribution in [1.82, 2.24) is 15.5 Å². The molecule has 18 heavy (non-hydrogen) atoms. The van der Waals surface area contributed by atoms with Crippen molar-refractivity contribution in [1.29, 1.82) is 0 Å². The number of nitrogens with one attached hydrogen (secondary N) is 1. The van der Waals surface area contributed by atoms with Crippen molar-refractivity contribution >= 4 is 5.95 Å². The normalized spacial score (nSPS) is 13.0. The zero-order valence-electron chi connectivity index (χ0n) is 12.2. The standard InChI is InChI=1S/C13H26N4O/c1-6-7-14-11(8-10(2)3)9-12-15-13(16-18-12)17(4)5/h10-11,14H,6-9H2,1-5H3. The summed E-state index contributed by atoms with van der Waals surface area (Å²) in [5, 5.41) is 7.49. The first-order valence-corrected chi connectivity index (χ1v) is 6.76. The SMILES string of the molecule is CCCNC(Cc1nc(N(C)C)no1)CC(C)C. The van der Waals surface area contributed by atoms with E-state index in [2.05, 4.69) is 36.2 Å². The summed E-state index contributed by atoms with van der Waals surface area (Å²) >= 11 is 0. The van der Waals surface area contributed by atoms with E-state index in [1.54, 1.807) is 0 Å². The van der Waals surface area contributed by atoms with Gasteiger partial charge in [-0.2, -0.15) is 4.98 Å². The molecule has 104 valence electrons. The molecule has 5 nitrogen and oxygen atoms in total. The lowest BCUT2D eigenvalue weighted by Gasteiger charge is -2.18. The van der Waals surface area contributed by atoms with Crippen molar-refractivity contribution in [2.45, 2.75) is 46.1 Å². The van der Waals surface area contributed by atoms with Gasteiger partial charge in [-0.05, 0) is 30.5 Å². The van der Waals surface area contributed by atoms with Crippen LogP contribution in [0, 0.1) is 5.92 Å². The van der Waals surface area contributed by atoms with Crippen LogP contribution in [0.15, 0.2) is 4.52 Å². The van der Waals surface area contributed by atoms with Crippen LogP contribution in [0.4, 0.5) is 5.95 Å². The highest BCUT2D eigenvalue weighted by atomic mass is 16.5. The fourth-order valence-corrected chi connectivity index (χ4v) is 1.88. The summed E-state index contributed by atoms with van der Waals surface area (Å²) in [6, 6.07) is 0.417. The highest BCUT2D eigenvalue weighted by Gasteiger charge is 2.16. The van der Waals surface area contributed by atoms with E-state index in [0.29, 0.717) is 23.8 Å². The Morgan fingerprint density at radius 2 is 2.06 bits per heavy atom. The van der Waals surface area contributed by atoms with E-state index >= 15 is 0 Å². The third-order valence-corrected chi connectivity index (χ3v) is 2.72. The van der Waals surface area contributed by atoms with Gasteiger partial charge in [-0.3, -0.25) is 0 Å². The fraction of sp³-hybridized carbons (Fsp3) is 0.846. The predicted molar refractivity (Wildman–Crippen MR) is 73.9 cm³/mol. The second-order valence-electron chi connectivity index (χ2n) is 5.37. The third kappa shape index (κ3) is 5.04. The van der Waals surface area contributed by atoms with E-state index in [-0.39, 0.29) is 0 Å². The van der Waals surface area contributed by atoms with Gasteiger partial charge in [-0.1, -0.05) is 20.8 Å². The maximum absolute atomic E-state index is 5.28. The van der Waals surface area contributed by atoms with Crippen LogP contribution in [0.2, 0.25) is 0 Å². The maximum atomic E-state index is 5.28. The minimum atomic E-state index is 0.417. The van der Waals surface area contributed by atoms with E-state index in [9.17, 15) is 0 Å². The van der Waals surface area contributed by atoms with Crippen LogP contribution in [0.25, 0.3) is 0 Å². The molecule has 0 saturated heterocycles. The quantitative estimate of drug-likeness (QED) is 0.770. The molecule has 1 rings (SSSR count). The molecule has 5 heteroatoms. The lowest BCUT2D eigenvalue weighted by Crippen LogP contribution is -2.33. The average Bonchev–Trinajstić information content (AvgIpc) is 2.73. The Labute approximate surface area is 110 Å². The number of rotatable bonds is 8. The van der Waals surface area contributed by atoms with Gasteiger partial charge in [0, 0.05) is 26.6 Å². The monoisotopic (exact) mass is 254 g/mol. The van der Waals surface area contributed by atoms with Gasteiger partial charge in [0.1, 0.15) is 0 Å². The zero-order valence-corrected chi connectivity index (χ0v) is 12.2. The Kier molecular flexibility index (Phi) is 6.12. The first-order chi connectivity index (χ1) is 8.52. The fourth-order valence-electron chi connectivity index (χ4n) is 1.88. The Bertz CT molecular complexity index is 335. The van der Waals surface area contributed by atoms with Crippen LogP contribution >= 0.6 is 0 Å². The highest BCUT2D eigenvalue weighted by molar-refractivity contribution is 5.23. The van der Waals surface area contributed by atoms with Gasteiger partial charge in [0.25, 0.3) is 5.95 Å². The van der Waals surface area contributed by atoms with Crippen molar-refractivity contribution in [2.24, 2.45) is 5.92 Å². The zero-order chi connectivity index (χ0) is 13.5. The minimum Gasteiger partial charge on any atom is -0.344 e. The van der Waals surface area contributed by atoms with Crippen molar-refractivity contribution in [3.63, 3.8) is 0 Å². The summed E-state index contributed by atoms with van der Waals surface area (Å²) in [5.74, 6) is 2.02. The third-order valence-electron chi connectivity index (χ3n) is 2.72. The number of nitrogens with zero attached hydrogens (tertiary/aromatic N) is 3. The van der Waals surface area contributed by atoms with Crippen molar-refractivity contribution in [3.05, 3.63) is 5.89 Å². The Balaban J connectivity index is 2.57. The molecule has 0 aliphatic rings. The molecule has 0 saturated carbocycles. The molecule has 0 fully saturated rings. The van der Waals surface area contributed by atoms with Gasteiger partial charge in [-0.25, -0.2) is 0 Å². The second-order valence-corrected chi connectivity index (χ2v) is 5.37. The number of aromatic nitrogens is 2. The summed E-state index contributed by atoms with van der Waals surface area (Å²) in [4.78, 5) is 6.22. The topological polar surface area (TPSA) is 54.2 Å². The molecule has 0 aliphatic carbocycles. The molecule has 0 radical (unpaired) electrons. The Morgan fingerprint density at radius 1 is 1.33 bits per heavy atom. The lowest BCUT2D eigenvalue weighted by atomic mass is 10.0. The smallest absolute Gasteiger partial charge is 0.265 e. The maximum Gasteiger partial charge on any atom is 0.265 e. The molecule has 0 aromatic carbocycles. The summed E-state index contributed by atoms with van der Waals surface area (Å²) in [6.07, 6.45) is 3.07. The van der Waals surface area contributed by atoms with Crippen LogP contribution < -0.4 is 10.2 Å². The minimum absolute atomic E-state index is 0.417. The van der Waals surface area contributed by atoms with Crippen molar-refractivity contribution < 1.29 is 4.52 Å². The van der Waals surface area contributed by atoms with Crippen LogP contribution in [-0.4, -0.2) is 36.8 Å². The van der Waals surface area contributed by atoms with E-state index in [1.165, 1.54) is 0 Å². The first kappa shape index (κ1) is 15.0. The molecule has 1 unspecified atom stereocenters. The van der Waals surface area contributed by atoms with E-state index in [1.807, 2.05) is 19.0 Å². The van der Waals surface area contributed by atoms with Crippen LogP contribution in [0.1, 0.15) is 39.5 Å². The number of anilines is 1. The Morgan fingerprint density at radius 3 is 2.56 bits per heavy atom. The van der Waals surface area contributed by atoms with Gasteiger partial charge >= 0.3 is 0 Å². The number of hydrogen-bond acceptors (Lipinski definition) is 5. The van der Waals surface area contributed by atoms with Crippen LogP contribution in [0.5, 0.6) is 0 Å². The van der Waals surface area contributed by atoms with Gasteiger partial charge in [0.05, 0.1) is 0 Å². The van der Waals surface area contributed by atoms with Crippen LogP contribution in [-0.2, 0) is 6.42 Å². The summed E-state index contributed by atoms with van der Waals surface area (Å²) in [6.45, 7) is 7.68. The summed E-state index contributed by atoms with van der Waals surface area (Å²) in [5.41, 5.74) is 0. The second kappa shape index (κ2) is 7.36. The van der Waals surface area contributed by atoms with Gasteiger partial charge in [0.15, 0.2) is 0 Å². The van der Waals surface area contributed by atoms with Crippen LogP contribution in [0.3, 0.4) is 0 Å². The molecule has 1 aromatic rings. The highest BCUT2D eigenvalue weighted by Crippen LogP contribution is 2.12. The lowest BCUT2D eigenvalue weighted by molar-refractivity contribution is 0.337. The molecule has 0 bridgehead atoms. The van der Waals surface area contributed by atoms with E-state index in [4.69, 9.17) is 4.52 Å². The van der Waals surface area contributed by atoms with Crippen molar-refractivity contribution in [3.8, 4) is 0 Å². The van der Waals surface area contributed by atoms with Gasteiger partial charge in [-0.15, -0.1) is 0 Å². The van der Waals surface area contributed by atoms with E-state index < -0.39 is 0 Å². The molecule has 1 N–H and O–H groups in total. The van der Waals surface area contributed by atoms with E-state index in [0.717, 1.165) is 25.8 Å². The number of hydrogen-bond donors (Lipinski definition) is 1. The summed E-state index contributed by atoms with van der Waals surface area (Å²) < 4.78 is 5.28. The van der Waals surface area contributed by atoms with Crippen molar-refractivity contribution in [2.75, 3.05) is 25.5 Å². The molecule has 1 aromatic heterocycles. The molecule has 0 spiro atoms. The van der Waals surface area contributed by atoms with Gasteiger partial charge < -0.3 is 14.7 Å². The largest absolute Gasteiger partial charge is 0.344 e.